The Hall–Kier alpha value is -5.22. The minimum Gasteiger partial charge on any atom is -0.355 e. The fraction of sp³-hybridized carbons (Fsp3) is 0. The Bertz CT molecular complexity index is 1720. The molecule has 7 heteroatoms. The van der Waals surface area contributed by atoms with Crippen LogP contribution in [0.15, 0.2) is 97.5 Å². The van der Waals surface area contributed by atoms with E-state index in [1.165, 1.54) is 0 Å². The molecule has 3 heterocycles. The predicted molar refractivity (Wildman–Crippen MR) is 140 cm³/mol. The van der Waals surface area contributed by atoms with Crippen LogP contribution in [0.5, 0.6) is 0 Å². The Balaban J connectivity index is 1.30. The van der Waals surface area contributed by atoms with E-state index in [1.54, 1.807) is 24.7 Å². The number of hydrogen-bond donors (Lipinski definition) is 3. The molecule has 0 fully saturated rings. The molecule has 0 amide bonds. The van der Waals surface area contributed by atoms with Gasteiger partial charge in [0.1, 0.15) is 5.82 Å². The lowest BCUT2D eigenvalue weighted by molar-refractivity contribution is 1.32. The molecular formula is C28H19N7. The molecule has 6 rings (SSSR count). The normalized spacial score (nSPS) is 10.8. The molecule has 0 saturated heterocycles. The third-order valence-electron chi connectivity index (χ3n) is 5.72. The maximum atomic E-state index is 7.31. The monoisotopic (exact) mass is 453 g/mol. The lowest BCUT2D eigenvalue weighted by Gasteiger charge is -2.10. The third kappa shape index (κ3) is 4.12. The first-order valence-electron chi connectivity index (χ1n) is 11.1. The highest BCUT2D eigenvalue weighted by atomic mass is 14.9. The molecule has 0 aliphatic heterocycles. The Labute approximate surface area is 201 Å². The molecule has 3 N–H and O–H groups in total. The summed E-state index contributed by atoms with van der Waals surface area (Å²) in [5, 5.41) is 7.77. The summed E-state index contributed by atoms with van der Waals surface area (Å²) >= 11 is 0. The van der Waals surface area contributed by atoms with Crippen molar-refractivity contribution in [2.45, 2.75) is 0 Å². The number of rotatable bonds is 5. The summed E-state index contributed by atoms with van der Waals surface area (Å²) in [6.07, 6.45) is 5.28. The zero-order valence-corrected chi connectivity index (χ0v) is 18.5. The molecule has 0 aliphatic rings. The molecule has 7 nitrogen and oxygen atoms in total. The van der Waals surface area contributed by atoms with Crippen molar-refractivity contribution in [3.63, 3.8) is 0 Å². The van der Waals surface area contributed by atoms with E-state index < -0.39 is 0 Å². The maximum absolute atomic E-state index is 7.31. The number of hydrogen-bond acceptors (Lipinski definition) is 5. The molecule has 0 atom stereocenters. The zero-order valence-electron chi connectivity index (χ0n) is 18.5. The van der Waals surface area contributed by atoms with E-state index in [9.17, 15) is 0 Å². The smallest absolute Gasteiger partial charge is 0.188 e. The van der Waals surface area contributed by atoms with Crippen LogP contribution >= 0.6 is 0 Å². The van der Waals surface area contributed by atoms with Gasteiger partial charge in [-0.25, -0.2) is 9.83 Å². The van der Waals surface area contributed by atoms with Crippen molar-refractivity contribution in [1.82, 2.24) is 19.9 Å². The van der Waals surface area contributed by atoms with Crippen LogP contribution in [0.25, 0.3) is 38.2 Å². The number of imidazole rings is 1. The summed E-state index contributed by atoms with van der Waals surface area (Å²) in [7, 11) is 0. The first-order valence-corrected chi connectivity index (χ1v) is 11.1. The molecular weight excluding hydrogens is 434 g/mol. The lowest BCUT2D eigenvalue weighted by Crippen LogP contribution is -1.92. The van der Waals surface area contributed by atoms with Crippen LogP contribution in [-0.4, -0.2) is 19.9 Å². The third-order valence-corrected chi connectivity index (χ3v) is 5.72. The van der Waals surface area contributed by atoms with Crippen LogP contribution < -0.4 is 10.6 Å². The number of anilines is 4. The summed E-state index contributed by atoms with van der Waals surface area (Å²) in [4.78, 5) is 20.2. The molecule has 0 unspecified atom stereocenters. The van der Waals surface area contributed by atoms with Crippen LogP contribution in [0.2, 0.25) is 0 Å². The molecule has 6 aromatic rings. The van der Waals surface area contributed by atoms with Gasteiger partial charge in [0.25, 0.3) is 0 Å². The van der Waals surface area contributed by atoms with Gasteiger partial charge in [-0.1, -0.05) is 18.2 Å². The van der Waals surface area contributed by atoms with E-state index in [2.05, 4.69) is 36.5 Å². The van der Waals surface area contributed by atoms with E-state index >= 15 is 0 Å². The Kier molecular flexibility index (Phi) is 5.02. The van der Waals surface area contributed by atoms with Gasteiger partial charge in [0.2, 0.25) is 0 Å². The average molecular weight is 454 g/mol. The van der Waals surface area contributed by atoms with Gasteiger partial charge in [0, 0.05) is 52.3 Å². The second-order valence-electron chi connectivity index (χ2n) is 8.06. The molecule has 3 aromatic heterocycles. The number of nitrogens with zero attached hydrogens (tertiary/aromatic N) is 4. The largest absolute Gasteiger partial charge is 0.355 e. The van der Waals surface area contributed by atoms with Gasteiger partial charge >= 0.3 is 0 Å². The number of nitrogens with one attached hydrogen (secondary N) is 3. The Morgan fingerprint density at radius 2 is 1.60 bits per heavy atom. The van der Waals surface area contributed by atoms with Crippen molar-refractivity contribution in [1.29, 1.82) is 0 Å². The fourth-order valence-corrected chi connectivity index (χ4v) is 4.04. The number of H-pyrrole nitrogens is 1. The molecule has 3 aromatic carbocycles. The topological polar surface area (TPSA) is 82.9 Å². The Morgan fingerprint density at radius 1 is 0.743 bits per heavy atom. The molecule has 0 saturated carbocycles. The van der Waals surface area contributed by atoms with Gasteiger partial charge in [-0.15, -0.1) is 0 Å². The van der Waals surface area contributed by atoms with Crippen LogP contribution in [-0.2, 0) is 0 Å². The molecule has 35 heavy (non-hydrogen) atoms. The van der Waals surface area contributed by atoms with E-state index in [1.807, 2.05) is 66.7 Å². The van der Waals surface area contributed by atoms with Crippen molar-refractivity contribution >= 4 is 50.4 Å². The minimum atomic E-state index is 0.586. The van der Waals surface area contributed by atoms with E-state index in [0.717, 1.165) is 56.1 Å². The number of benzene rings is 3. The summed E-state index contributed by atoms with van der Waals surface area (Å²) in [6.45, 7) is 7.31. The number of pyridine rings is 2. The summed E-state index contributed by atoms with van der Waals surface area (Å²) < 4.78 is 0. The highest BCUT2D eigenvalue weighted by molar-refractivity contribution is 5.95. The molecule has 0 radical (unpaired) electrons. The minimum absolute atomic E-state index is 0.586. The van der Waals surface area contributed by atoms with Crippen molar-refractivity contribution in [2.24, 2.45) is 0 Å². The van der Waals surface area contributed by atoms with Crippen molar-refractivity contribution < 1.29 is 0 Å². The number of aromatic amines is 1. The number of fused-ring (bicyclic) bond motifs is 2. The fourth-order valence-electron chi connectivity index (χ4n) is 4.04. The predicted octanol–water partition coefficient (Wildman–Crippen LogP) is 7.21. The summed E-state index contributed by atoms with van der Waals surface area (Å²) in [5.41, 5.74) is 7.99. The van der Waals surface area contributed by atoms with Gasteiger partial charge < -0.3 is 15.6 Å². The van der Waals surface area contributed by atoms with Gasteiger partial charge in [-0.2, -0.15) is 0 Å². The number of aromatic nitrogens is 4. The summed E-state index contributed by atoms with van der Waals surface area (Å²) in [6, 6.07) is 25.4. The average Bonchev–Trinajstić information content (AvgIpc) is 3.33. The van der Waals surface area contributed by atoms with Gasteiger partial charge in [0.15, 0.2) is 5.69 Å². The Morgan fingerprint density at radius 3 is 2.49 bits per heavy atom. The van der Waals surface area contributed by atoms with E-state index in [4.69, 9.17) is 11.6 Å². The zero-order chi connectivity index (χ0) is 23.6. The van der Waals surface area contributed by atoms with Crippen LogP contribution in [0.3, 0.4) is 0 Å². The van der Waals surface area contributed by atoms with Crippen LogP contribution in [0, 0.1) is 6.57 Å². The highest BCUT2D eigenvalue weighted by Crippen LogP contribution is 2.30. The van der Waals surface area contributed by atoms with Crippen LogP contribution in [0.1, 0.15) is 0 Å². The second-order valence-corrected chi connectivity index (χ2v) is 8.06. The standard InChI is InChI=1S/C28H19N7/c1-29-20-5-7-24-23(16-20)25(11-14-31-24)33-22-6-8-26-27(17-22)35-28(34-26)18-3-2-4-21(15-18)32-19-9-12-30-13-10-19/h2-17H,(H,30,32)(H,31,33)(H,34,35). The first-order chi connectivity index (χ1) is 17.2. The van der Waals surface area contributed by atoms with Gasteiger partial charge in [-0.05, 0) is 60.7 Å². The molecule has 0 aliphatic carbocycles. The quantitative estimate of drug-likeness (QED) is 0.240. The van der Waals surface area contributed by atoms with Crippen LogP contribution in [0.4, 0.5) is 28.4 Å². The maximum Gasteiger partial charge on any atom is 0.188 e. The molecule has 0 spiro atoms. The van der Waals surface area contributed by atoms with Gasteiger partial charge in [-0.3, -0.25) is 9.97 Å². The second kappa shape index (κ2) is 8.61. The SMILES string of the molecule is [C-]#[N+]c1ccc2nccc(Nc3ccc4nc(-c5cccc(Nc6ccncc6)c5)[nH]c4c3)c2c1. The van der Waals surface area contributed by atoms with Crippen molar-refractivity contribution in [3.8, 4) is 11.4 Å². The van der Waals surface area contributed by atoms with E-state index in [-0.39, 0.29) is 0 Å². The first kappa shape index (κ1) is 20.4. The van der Waals surface area contributed by atoms with Crippen molar-refractivity contribution in [3.05, 3.63) is 109 Å². The summed E-state index contributed by atoms with van der Waals surface area (Å²) in [5.74, 6) is 0.798. The molecule has 0 bridgehead atoms. The highest BCUT2D eigenvalue weighted by Gasteiger charge is 2.09. The lowest BCUT2D eigenvalue weighted by atomic mass is 10.1. The van der Waals surface area contributed by atoms with E-state index in [0.29, 0.717) is 5.69 Å². The van der Waals surface area contributed by atoms with Gasteiger partial charge in [0.05, 0.1) is 23.1 Å². The molecule has 166 valence electrons. The van der Waals surface area contributed by atoms with Crippen molar-refractivity contribution in [2.75, 3.05) is 10.6 Å².